The topological polar surface area (TPSA) is 344 Å². The van der Waals surface area contributed by atoms with E-state index in [-0.39, 0.29) is 32.1 Å². The Bertz CT molecular complexity index is 955. The van der Waals surface area contributed by atoms with Gasteiger partial charge in [0, 0.05) is 31.1 Å². The lowest BCUT2D eigenvalue weighted by Crippen LogP contribution is -2.72. The van der Waals surface area contributed by atoms with Gasteiger partial charge < -0.3 is 84.2 Å². The Morgan fingerprint density at radius 3 is 2.18 bits per heavy atom. The number of amides is 2. The summed E-state index contributed by atoms with van der Waals surface area (Å²) in [7, 11) is 0. The Hall–Kier alpha value is -1.37. The van der Waals surface area contributed by atoms with Crippen molar-refractivity contribution in [3.8, 4) is 0 Å². The molecule has 2 amide bonds. The van der Waals surface area contributed by atoms with Gasteiger partial charge in [-0.15, -0.1) is 0 Å². The Labute approximate surface area is 260 Å². The van der Waals surface area contributed by atoms with E-state index in [1.54, 1.807) is 0 Å². The third kappa shape index (κ3) is 8.03. The van der Waals surface area contributed by atoms with E-state index in [1.807, 2.05) is 0 Å². The molecule has 19 N–H and O–H groups in total. The SMILES string of the molecule is NCCN(O)C(=O)NC1CC(N)C(C2OC(CNCC3CC(N)C3)C(O)C(O)C2N)C(O)C1OC1OC(CO)C(O)C(N)C1O. The number of aliphatic hydroxyl groups is 6. The first-order valence-corrected chi connectivity index (χ1v) is 15.5. The molecule has 2 heterocycles. The number of carbonyl (C=O) groups is 1. The molecule has 262 valence electrons. The summed E-state index contributed by atoms with van der Waals surface area (Å²) in [4.78, 5) is 12.7. The number of nitrogens with two attached hydrogens (primary N) is 5. The van der Waals surface area contributed by atoms with Crippen molar-refractivity contribution >= 4 is 6.03 Å². The van der Waals surface area contributed by atoms with Crippen LogP contribution in [0, 0.1) is 11.8 Å². The van der Waals surface area contributed by atoms with E-state index in [4.69, 9.17) is 42.9 Å². The summed E-state index contributed by atoms with van der Waals surface area (Å²) in [5, 5.41) is 80.2. The van der Waals surface area contributed by atoms with Crippen LogP contribution in [0.5, 0.6) is 0 Å². The van der Waals surface area contributed by atoms with Crippen LogP contribution in [0.1, 0.15) is 19.3 Å². The van der Waals surface area contributed by atoms with Gasteiger partial charge in [-0.25, -0.2) is 9.86 Å². The average Bonchev–Trinajstić information content (AvgIpc) is 2.98. The van der Waals surface area contributed by atoms with E-state index in [0.717, 1.165) is 12.8 Å². The molecule has 4 fully saturated rings. The highest BCUT2D eigenvalue weighted by atomic mass is 16.7. The number of nitrogens with zero attached hydrogens (tertiary/aromatic N) is 1. The van der Waals surface area contributed by atoms with Crippen LogP contribution >= 0.6 is 0 Å². The number of hydroxylamine groups is 2. The molecule has 0 radical (unpaired) electrons. The molecule has 0 spiro atoms. The first-order chi connectivity index (χ1) is 21.3. The molecule has 4 rings (SSSR count). The number of carbonyl (C=O) groups excluding carboxylic acids is 1. The summed E-state index contributed by atoms with van der Waals surface area (Å²) >= 11 is 0. The van der Waals surface area contributed by atoms with Crippen molar-refractivity contribution in [3.63, 3.8) is 0 Å². The fraction of sp³-hybridized carbons (Fsp3) is 0.962. The van der Waals surface area contributed by atoms with E-state index in [1.165, 1.54) is 0 Å². The van der Waals surface area contributed by atoms with Crippen molar-refractivity contribution in [3.05, 3.63) is 0 Å². The van der Waals surface area contributed by atoms with Crippen LogP contribution in [-0.4, -0.2) is 171 Å². The number of hydrogen-bond acceptors (Lipinski definition) is 17. The second-order valence-corrected chi connectivity index (χ2v) is 12.8. The second-order valence-electron chi connectivity index (χ2n) is 12.8. The maximum Gasteiger partial charge on any atom is 0.341 e. The number of ether oxygens (including phenoxy) is 3. The summed E-state index contributed by atoms with van der Waals surface area (Å²) in [6, 6.07) is -5.27. The Morgan fingerprint density at radius 1 is 0.867 bits per heavy atom. The van der Waals surface area contributed by atoms with Crippen molar-refractivity contribution < 1.29 is 54.9 Å². The van der Waals surface area contributed by atoms with Crippen LogP contribution in [0.2, 0.25) is 0 Å². The molecule has 19 heteroatoms. The summed E-state index contributed by atoms with van der Waals surface area (Å²) in [5.41, 5.74) is 30.1. The summed E-state index contributed by atoms with van der Waals surface area (Å²) < 4.78 is 17.8. The molecule has 15 atom stereocenters. The van der Waals surface area contributed by atoms with E-state index in [0.29, 0.717) is 17.5 Å². The number of hydrogen-bond donors (Lipinski definition) is 14. The molecule has 0 aromatic rings. The third-order valence-electron chi connectivity index (χ3n) is 9.53. The zero-order valence-corrected chi connectivity index (χ0v) is 25.1. The van der Waals surface area contributed by atoms with Gasteiger partial charge in [0.25, 0.3) is 0 Å². The number of aliphatic hydroxyl groups excluding tert-OH is 6. The van der Waals surface area contributed by atoms with Crippen molar-refractivity contribution in [2.45, 2.75) is 111 Å². The molecule has 0 bridgehead atoms. The average molecular weight is 653 g/mol. The highest BCUT2D eigenvalue weighted by Crippen LogP contribution is 2.37. The quantitative estimate of drug-likeness (QED) is 0.0727. The monoisotopic (exact) mass is 652 g/mol. The molecule has 0 aromatic heterocycles. The van der Waals surface area contributed by atoms with Gasteiger partial charge in [-0.2, -0.15) is 0 Å². The van der Waals surface area contributed by atoms with Crippen LogP contribution in [-0.2, 0) is 14.2 Å². The minimum atomic E-state index is -1.61. The van der Waals surface area contributed by atoms with Crippen LogP contribution in [0.25, 0.3) is 0 Å². The van der Waals surface area contributed by atoms with Gasteiger partial charge in [-0.3, -0.25) is 5.21 Å². The molecule has 0 aromatic carbocycles. The van der Waals surface area contributed by atoms with E-state index in [9.17, 15) is 40.6 Å². The van der Waals surface area contributed by atoms with Gasteiger partial charge in [-0.05, 0) is 31.7 Å². The number of urea groups is 1. The van der Waals surface area contributed by atoms with Gasteiger partial charge in [0.05, 0.1) is 49.6 Å². The van der Waals surface area contributed by atoms with Crippen LogP contribution < -0.4 is 39.3 Å². The lowest BCUT2D eigenvalue weighted by Gasteiger charge is -2.52. The van der Waals surface area contributed by atoms with Crippen molar-refractivity contribution in [1.82, 2.24) is 15.7 Å². The van der Waals surface area contributed by atoms with Crippen LogP contribution in [0.4, 0.5) is 4.79 Å². The maximum absolute atomic E-state index is 12.7. The normalized spacial score (nSPS) is 47.2. The summed E-state index contributed by atoms with van der Waals surface area (Å²) in [5.74, 6) is -0.644. The van der Waals surface area contributed by atoms with Crippen molar-refractivity contribution in [2.24, 2.45) is 40.5 Å². The number of nitrogens with one attached hydrogen (secondary N) is 2. The van der Waals surface area contributed by atoms with Gasteiger partial charge in [0.15, 0.2) is 6.29 Å². The molecule has 45 heavy (non-hydrogen) atoms. The molecule has 2 aliphatic heterocycles. The van der Waals surface area contributed by atoms with Crippen LogP contribution in [0.15, 0.2) is 0 Å². The number of rotatable bonds is 11. The molecule has 4 aliphatic rings. The summed E-state index contributed by atoms with van der Waals surface area (Å²) in [6.07, 6.45) is -11.9. The van der Waals surface area contributed by atoms with Gasteiger partial charge in [0.2, 0.25) is 0 Å². The largest absolute Gasteiger partial charge is 0.394 e. The predicted octanol–water partition coefficient (Wildman–Crippen LogP) is -7.28. The highest BCUT2D eigenvalue weighted by Gasteiger charge is 2.55. The predicted molar refractivity (Wildman–Crippen MR) is 155 cm³/mol. The Kier molecular flexibility index (Phi) is 12.7. The van der Waals surface area contributed by atoms with Crippen LogP contribution in [0.3, 0.4) is 0 Å². The molecule has 19 nitrogen and oxygen atoms in total. The zero-order valence-electron chi connectivity index (χ0n) is 25.1. The van der Waals surface area contributed by atoms with Crippen molar-refractivity contribution in [2.75, 3.05) is 32.8 Å². The van der Waals surface area contributed by atoms with E-state index < -0.39 is 104 Å². The second kappa shape index (κ2) is 15.7. The molecule has 2 saturated heterocycles. The summed E-state index contributed by atoms with van der Waals surface area (Å²) in [6.45, 7) is -0.0993. The zero-order chi connectivity index (χ0) is 33.2. The molecule has 2 saturated carbocycles. The molecule has 15 unspecified atom stereocenters. The maximum atomic E-state index is 12.7. The standard InChI is InChI=1S/C26H52N8O11/c27-1-2-34(42)26(41)33-12-5-11(29)15(20(38)23(12)45-25-22(40)16(30)18(36)14(8-35)44-25)24-17(31)21(39)19(37)13(43-24)7-32-6-9-3-10(28)4-9/h9-25,32,35-40,42H,1-8,27-31H2,(H,33,41). The molecule has 2 aliphatic carbocycles. The first kappa shape index (κ1) is 36.5. The van der Waals surface area contributed by atoms with E-state index in [2.05, 4.69) is 10.6 Å². The molecular weight excluding hydrogens is 600 g/mol. The minimum absolute atomic E-state index is 0.0428. The van der Waals surface area contributed by atoms with Gasteiger partial charge in [-0.1, -0.05) is 0 Å². The third-order valence-corrected chi connectivity index (χ3v) is 9.53. The highest BCUT2D eigenvalue weighted by molar-refractivity contribution is 5.73. The smallest absolute Gasteiger partial charge is 0.341 e. The fourth-order valence-corrected chi connectivity index (χ4v) is 6.80. The van der Waals surface area contributed by atoms with Gasteiger partial charge in [0.1, 0.15) is 36.6 Å². The Morgan fingerprint density at radius 2 is 1.56 bits per heavy atom. The Balaban J connectivity index is 1.55. The lowest BCUT2D eigenvalue weighted by molar-refractivity contribution is -0.307. The lowest BCUT2D eigenvalue weighted by atomic mass is 9.71. The van der Waals surface area contributed by atoms with Gasteiger partial charge >= 0.3 is 6.03 Å². The van der Waals surface area contributed by atoms with E-state index >= 15 is 0 Å². The first-order valence-electron chi connectivity index (χ1n) is 15.5. The minimum Gasteiger partial charge on any atom is -0.394 e. The molecular formula is C26H52N8O11. The fourth-order valence-electron chi connectivity index (χ4n) is 6.80. The van der Waals surface area contributed by atoms with Crippen molar-refractivity contribution in [1.29, 1.82) is 0 Å².